The van der Waals surface area contributed by atoms with Gasteiger partial charge < -0.3 is 0 Å². The summed E-state index contributed by atoms with van der Waals surface area (Å²) >= 11 is 11.2. The van der Waals surface area contributed by atoms with Gasteiger partial charge in [0.25, 0.3) is 0 Å². The molecule has 1 heterocycles. The van der Waals surface area contributed by atoms with Gasteiger partial charge >= 0.3 is 0 Å². The molecular formula is C16H12ClNOS. The number of hydrogen-bond acceptors (Lipinski definition) is 2. The van der Waals surface area contributed by atoms with Gasteiger partial charge in [-0.2, -0.15) is 0 Å². The Kier molecular flexibility index (Phi) is 3.55. The minimum atomic E-state index is 0.00210. The lowest BCUT2D eigenvalue weighted by Gasteiger charge is -2.23. The first-order valence-electron chi connectivity index (χ1n) is 6.33. The van der Waals surface area contributed by atoms with E-state index in [-0.39, 0.29) is 5.91 Å². The first-order chi connectivity index (χ1) is 9.65. The van der Waals surface area contributed by atoms with Crippen LogP contribution in [0, 0.1) is 0 Å². The summed E-state index contributed by atoms with van der Waals surface area (Å²) in [4.78, 5) is 15.0. The maximum absolute atomic E-state index is 12.5. The van der Waals surface area contributed by atoms with Crippen molar-refractivity contribution in [3.05, 3.63) is 59.1 Å². The zero-order chi connectivity index (χ0) is 14.1. The third kappa shape index (κ3) is 2.47. The average Bonchev–Trinajstić information content (AvgIpc) is 2.55. The molecule has 0 aliphatic carbocycles. The molecule has 1 aliphatic rings. The first kappa shape index (κ1) is 13.3. The third-order valence-electron chi connectivity index (χ3n) is 3.30. The molecule has 0 saturated heterocycles. The number of fused-ring (bicyclic) bond motifs is 1. The number of hydrogen-bond donors (Lipinski definition) is 0. The van der Waals surface area contributed by atoms with E-state index in [1.165, 1.54) is 0 Å². The van der Waals surface area contributed by atoms with Gasteiger partial charge in [-0.3, -0.25) is 9.69 Å². The summed E-state index contributed by atoms with van der Waals surface area (Å²) in [6.07, 6.45) is 0.966. The number of para-hydroxylation sites is 1. The Balaban J connectivity index is 2.15. The monoisotopic (exact) mass is 301 g/mol. The molecule has 20 heavy (non-hydrogen) atoms. The van der Waals surface area contributed by atoms with Crippen molar-refractivity contribution in [2.24, 2.45) is 0 Å². The van der Waals surface area contributed by atoms with Crippen molar-refractivity contribution in [3.8, 4) is 0 Å². The standard InChI is InChI=1S/C16H12ClNOS/c17-12-5-7-13(8-6-12)18-15-4-2-1-3-11(15)9-14(20)10-16(18)19/h1-8H,9-10H2. The van der Waals surface area contributed by atoms with E-state index >= 15 is 0 Å². The van der Waals surface area contributed by atoms with E-state index in [1.807, 2.05) is 36.4 Å². The Morgan fingerprint density at radius 2 is 1.70 bits per heavy atom. The van der Waals surface area contributed by atoms with Gasteiger partial charge in [0.1, 0.15) is 0 Å². The maximum Gasteiger partial charge on any atom is 0.236 e. The van der Waals surface area contributed by atoms with E-state index in [4.69, 9.17) is 23.8 Å². The number of thiocarbonyl (C=S) groups is 1. The van der Waals surface area contributed by atoms with Crippen molar-refractivity contribution >= 4 is 46.0 Å². The molecule has 1 amide bonds. The second kappa shape index (κ2) is 5.35. The van der Waals surface area contributed by atoms with Crippen molar-refractivity contribution in [2.75, 3.05) is 4.90 Å². The molecule has 0 unspecified atom stereocenters. The molecule has 0 bridgehead atoms. The highest BCUT2D eigenvalue weighted by molar-refractivity contribution is 7.80. The number of carbonyl (C=O) groups excluding carboxylic acids is 1. The van der Waals surface area contributed by atoms with Crippen LogP contribution in [0.4, 0.5) is 11.4 Å². The van der Waals surface area contributed by atoms with E-state index in [0.717, 1.165) is 21.8 Å². The smallest absolute Gasteiger partial charge is 0.236 e. The van der Waals surface area contributed by atoms with Crippen LogP contribution in [0.1, 0.15) is 12.0 Å². The summed E-state index contributed by atoms with van der Waals surface area (Å²) in [5.74, 6) is 0.00210. The Morgan fingerprint density at radius 1 is 1.00 bits per heavy atom. The van der Waals surface area contributed by atoms with Gasteiger partial charge in [-0.05, 0) is 35.9 Å². The quantitative estimate of drug-likeness (QED) is 0.731. The van der Waals surface area contributed by atoms with E-state index in [2.05, 4.69) is 0 Å². The summed E-state index contributed by atoms with van der Waals surface area (Å²) in [6, 6.07) is 15.2. The Bertz CT molecular complexity index is 681. The van der Waals surface area contributed by atoms with E-state index in [0.29, 0.717) is 17.9 Å². The first-order valence-corrected chi connectivity index (χ1v) is 7.12. The fourth-order valence-corrected chi connectivity index (χ4v) is 2.81. The van der Waals surface area contributed by atoms with Crippen LogP contribution in [-0.4, -0.2) is 10.8 Å². The van der Waals surface area contributed by atoms with Gasteiger partial charge in [-0.25, -0.2) is 0 Å². The molecule has 3 rings (SSSR count). The van der Waals surface area contributed by atoms with Crippen LogP contribution in [-0.2, 0) is 11.2 Å². The highest BCUT2D eigenvalue weighted by Crippen LogP contribution is 2.33. The molecule has 2 aromatic rings. The van der Waals surface area contributed by atoms with Crippen LogP contribution in [0.15, 0.2) is 48.5 Å². The fourth-order valence-electron chi connectivity index (χ4n) is 2.41. The van der Waals surface area contributed by atoms with Gasteiger partial charge in [-0.15, -0.1) is 0 Å². The molecule has 1 aliphatic heterocycles. The second-order valence-electron chi connectivity index (χ2n) is 4.73. The molecule has 2 aromatic carbocycles. The molecular weight excluding hydrogens is 290 g/mol. The van der Waals surface area contributed by atoms with Crippen molar-refractivity contribution in [2.45, 2.75) is 12.8 Å². The highest BCUT2D eigenvalue weighted by atomic mass is 35.5. The van der Waals surface area contributed by atoms with Gasteiger partial charge in [0.15, 0.2) is 0 Å². The van der Waals surface area contributed by atoms with Crippen LogP contribution in [0.25, 0.3) is 0 Å². The van der Waals surface area contributed by atoms with Gasteiger partial charge in [0.05, 0.1) is 12.1 Å². The minimum absolute atomic E-state index is 0.00210. The van der Waals surface area contributed by atoms with Crippen LogP contribution < -0.4 is 4.90 Å². The molecule has 4 heteroatoms. The summed E-state index contributed by atoms with van der Waals surface area (Å²) in [5, 5.41) is 0.653. The Labute approximate surface area is 128 Å². The molecule has 2 nitrogen and oxygen atoms in total. The van der Waals surface area contributed by atoms with Crippen LogP contribution in [0.3, 0.4) is 0 Å². The SMILES string of the molecule is O=C1CC(=S)Cc2ccccc2N1c1ccc(Cl)cc1. The number of amides is 1. The number of anilines is 2. The molecule has 0 saturated carbocycles. The van der Waals surface area contributed by atoms with Crippen molar-refractivity contribution in [3.63, 3.8) is 0 Å². The van der Waals surface area contributed by atoms with E-state index in [9.17, 15) is 4.79 Å². The molecule has 0 spiro atoms. The third-order valence-corrected chi connectivity index (χ3v) is 3.84. The zero-order valence-corrected chi connectivity index (χ0v) is 12.2. The summed E-state index contributed by atoms with van der Waals surface area (Å²) in [6.45, 7) is 0. The lowest BCUT2D eigenvalue weighted by Crippen LogP contribution is -2.25. The number of benzene rings is 2. The molecule has 0 N–H and O–H groups in total. The number of carbonyl (C=O) groups is 1. The average molecular weight is 302 g/mol. The summed E-state index contributed by atoms with van der Waals surface area (Å²) in [7, 11) is 0. The van der Waals surface area contributed by atoms with Crippen molar-refractivity contribution in [1.29, 1.82) is 0 Å². The maximum atomic E-state index is 12.5. The molecule has 100 valence electrons. The van der Waals surface area contributed by atoms with Gasteiger partial charge in [-0.1, -0.05) is 42.0 Å². The predicted octanol–water partition coefficient (Wildman–Crippen LogP) is 4.32. The number of nitrogens with zero attached hydrogens (tertiary/aromatic N) is 1. The highest BCUT2D eigenvalue weighted by Gasteiger charge is 2.25. The number of rotatable bonds is 1. The topological polar surface area (TPSA) is 20.3 Å². The summed E-state index contributed by atoms with van der Waals surface area (Å²) < 4.78 is 0. The molecule has 0 aromatic heterocycles. The van der Waals surface area contributed by atoms with E-state index < -0.39 is 0 Å². The fraction of sp³-hybridized carbons (Fsp3) is 0.125. The van der Waals surface area contributed by atoms with Crippen LogP contribution in [0.2, 0.25) is 5.02 Å². The molecule has 0 radical (unpaired) electrons. The Hall–Kier alpha value is -1.71. The van der Waals surface area contributed by atoms with Gasteiger partial charge in [0.2, 0.25) is 5.91 Å². The number of halogens is 1. The predicted molar refractivity (Wildman–Crippen MR) is 86.0 cm³/mol. The largest absolute Gasteiger partial charge is 0.280 e. The normalized spacial score (nSPS) is 14.9. The lowest BCUT2D eigenvalue weighted by atomic mass is 10.1. The molecule has 0 atom stereocenters. The Morgan fingerprint density at radius 3 is 2.45 bits per heavy atom. The zero-order valence-electron chi connectivity index (χ0n) is 10.7. The summed E-state index contributed by atoms with van der Waals surface area (Å²) in [5.41, 5.74) is 2.80. The van der Waals surface area contributed by atoms with Gasteiger partial charge in [0, 0.05) is 22.0 Å². The lowest BCUT2D eigenvalue weighted by molar-refractivity contribution is -0.116. The second-order valence-corrected chi connectivity index (χ2v) is 5.74. The van der Waals surface area contributed by atoms with Crippen molar-refractivity contribution in [1.82, 2.24) is 0 Å². The minimum Gasteiger partial charge on any atom is -0.280 e. The van der Waals surface area contributed by atoms with E-state index in [1.54, 1.807) is 17.0 Å². The van der Waals surface area contributed by atoms with Crippen LogP contribution in [0.5, 0.6) is 0 Å². The van der Waals surface area contributed by atoms with Crippen LogP contribution >= 0.6 is 23.8 Å². The molecule has 0 fully saturated rings. The van der Waals surface area contributed by atoms with Crippen molar-refractivity contribution < 1.29 is 4.79 Å².